The predicted octanol–water partition coefficient (Wildman–Crippen LogP) is 2.31. The van der Waals surface area contributed by atoms with Crippen LogP contribution in [0.5, 0.6) is 0 Å². The lowest BCUT2D eigenvalue weighted by Gasteiger charge is -2.20. The molecule has 0 aliphatic rings. The summed E-state index contributed by atoms with van der Waals surface area (Å²) in [5.41, 5.74) is 0. The summed E-state index contributed by atoms with van der Waals surface area (Å²) in [6, 6.07) is 1.78. The Morgan fingerprint density at radius 2 is 2.36 bits per heavy atom. The molecule has 0 aliphatic heterocycles. The van der Waals surface area contributed by atoms with Gasteiger partial charge in [0.15, 0.2) is 0 Å². The standard InChI is InChI=1S/C9H12BrClN2O/c1-6(14)5-13(2)9-8(10)3-7(11)4-12-9/h3-4,6,14H,5H2,1-2H3. The first kappa shape index (κ1) is 11.8. The van der Waals surface area contributed by atoms with Gasteiger partial charge in [-0.05, 0) is 28.9 Å². The van der Waals surface area contributed by atoms with Crippen LogP contribution in [0.25, 0.3) is 0 Å². The summed E-state index contributed by atoms with van der Waals surface area (Å²) in [6.45, 7) is 2.27. The van der Waals surface area contributed by atoms with Crippen molar-refractivity contribution in [2.24, 2.45) is 0 Å². The minimum absolute atomic E-state index is 0.385. The van der Waals surface area contributed by atoms with Crippen molar-refractivity contribution in [1.29, 1.82) is 0 Å². The zero-order valence-electron chi connectivity index (χ0n) is 8.04. The number of anilines is 1. The van der Waals surface area contributed by atoms with Crippen LogP contribution < -0.4 is 4.90 Å². The number of nitrogens with zero attached hydrogens (tertiary/aromatic N) is 2. The van der Waals surface area contributed by atoms with E-state index in [0.29, 0.717) is 11.6 Å². The molecule has 5 heteroatoms. The molecule has 0 radical (unpaired) electrons. The number of halogens is 2. The number of rotatable bonds is 3. The van der Waals surface area contributed by atoms with E-state index in [2.05, 4.69) is 20.9 Å². The van der Waals surface area contributed by atoms with Crippen molar-refractivity contribution in [3.8, 4) is 0 Å². The molecule has 14 heavy (non-hydrogen) atoms. The molecule has 0 bridgehead atoms. The zero-order valence-corrected chi connectivity index (χ0v) is 10.4. The maximum Gasteiger partial charge on any atom is 0.142 e. The Kier molecular flexibility index (Phi) is 4.16. The quantitative estimate of drug-likeness (QED) is 0.922. The van der Waals surface area contributed by atoms with Gasteiger partial charge < -0.3 is 10.0 Å². The van der Waals surface area contributed by atoms with Gasteiger partial charge in [0.2, 0.25) is 0 Å². The van der Waals surface area contributed by atoms with Crippen LogP contribution in [0.2, 0.25) is 5.02 Å². The Balaban J connectivity index is 2.84. The highest BCUT2D eigenvalue weighted by atomic mass is 79.9. The van der Waals surface area contributed by atoms with Crippen molar-refractivity contribution < 1.29 is 5.11 Å². The van der Waals surface area contributed by atoms with Gasteiger partial charge in [-0.1, -0.05) is 11.6 Å². The lowest BCUT2D eigenvalue weighted by atomic mass is 10.3. The van der Waals surface area contributed by atoms with Gasteiger partial charge in [0, 0.05) is 19.8 Å². The summed E-state index contributed by atoms with van der Waals surface area (Å²) in [4.78, 5) is 6.03. The molecule has 0 spiro atoms. The van der Waals surface area contributed by atoms with Crippen LogP contribution in [-0.2, 0) is 0 Å². The van der Waals surface area contributed by atoms with Crippen LogP contribution in [0.4, 0.5) is 5.82 Å². The first-order valence-electron chi connectivity index (χ1n) is 4.21. The van der Waals surface area contributed by atoms with E-state index in [-0.39, 0.29) is 6.10 Å². The molecule has 1 N–H and O–H groups in total. The Hall–Kier alpha value is -0.320. The Morgan fingerprint density at radius 1 is 1.71 bits per heavy atom. The molecule has 1 atom stereocenters. The summed E-state index contributed by atoms with van der Waals surface area (Å²) < 4.78 is 0.827. The summed E-state index contributed by atoms with van der Waals surface area (Å²) in [6.07, 6.45) is 1.20. The van der Waals surface area contributed by atoms with Gasteiger partial charge in [-0.15, -0.1) is 0 Å². The maximum absolute atomic E-state index is 9.22. The molecule has 1 rings (SSSR count). The van der Waals surface area contributed by atoms with Crippen molar-refractivity contribution in [2.45, 2.75) is 13.0 Å². The Labute approximate surface area is 96.8 Å². The van der Waals surface area contributed by atoms with Gasteiger partial charge >= 0.3 is 0 Å². The largest absolute Gasteiger partial charge is 0.392 e. The molecule has 0 amide bonds. The zero-order chi connectivity index (χ0) is 10.7. The number of aromatic nitrogens is 1. The lowest BCUT2D eigenvalue weighted by Crippen LogP contribution is -2.27. The maximum atomic E-state index is 9.22. The molecule has 0 saturated heterocycles. The molecule has 0 fully saturated rings. The third kappa shape index (κ3) is 3.12. The monoisotopic (exact) mass is 278 g/mol. The van der Waals surface area contributed by atoms with Crippen molar-refractivity contribution in [3.05, 3.63) is 21.8 Å². The van der Waals surface area contributed by atoms with Gasteiger partial charge in [-0.2, -0.15) is 0 Å². The van der Waals surface area contributed by atoms with Crippen LogP contribution in [0.3, 0.4) is 0 Å². The van der Waals surface area contributed by atoms with Crippen LogP contribution in [0.1, 0.15) is 6.92 Å². The van der Waals surface area contributed by atoms with Crippen LogP contribution in [0.15, 0.2) is 16.7 Å². The van der Waals surface area contributed by atoms with E-state index in [9.17, 15) is 5.11 Å². The number of hydrogen-bond donors (Lipinski definition) is 1. The van der Waals surface area contributed by atoms with E-state index in [1.807, 2.05) is 11.9 Å². The van der Waals surface area contributed by atoms with Crippen molar-refractivity contribution in [3.63, 3.8) is 0 Å². The molecule has 0 saturated carbocycles. The summed E-state index contributed by atoms with van der Waals surface area (Å²) >= 11 is 9.13. The second-order valence-corrected chi connectivity index (χ2v) is 4.48. The molecular weight excluding hydrogens is 267 g/mol. The van der Waals surface area contributed by atoms with Crippen molar-refractivity contribution in [2.75, 3.05) is 18.5 Å². The van der Waals surface area contributed by atoms with Gasteiger partial charge in [-0.3, -0.25) is 0 Å². The Morgan fingerprint density at radius 3 is 2.86 bits per heavy atom. The molecule has 1 unspecified atom stereocenters. The molecule has 1 aromatic rings. The smallest absolute Gasteiger partial charge is 0.142 e. The van der Waals surface area contributed by atoms with E-state index in [0.717, 1.165) is 10.3 Å². The SMILES string of the molecule is CC(O)CN(C)c1ncc(Cl)cc1Br. The number of aliphatic hydroxyl groups excluding tert-OH is 1. The molecule has 0 aromatic carbocycles. The average molecular weight is 280 g/mol. The molecule has 78 valence electrons. The summed E-state index contributed by atoms with van der Waals surface area (Å²) in [5.74, 6) is 0.773. The number of hydrogen-bond acceptors (Lipinski definition) is 3. The molecule has 0 aliphatic carbocycles. The van der Waals surface area contributed by atoms with E-state index in [4.69, 9.17) is 11.6 Å². The second-order valence-electron chi connectivity index (χ2n) is 3.19. The highest BCUT2D eigenvalue weighted by Crippen LogP contribution is 2.25. The van der Waals surface area contributed by atoms with E-state index < -0.39 is 0 Å². The molecule has 3 nitrogen and oxygen atoms in total. The minimum Gasteiger partial charge on any atom is -0.392 e. The fourth-order valence-electron chi connectivity index (χ4n) is 1.17. The third-order valence-corrected chi connectivity index (χ3v) is 2.48. The van der Waals surface area contributed by atoms with Crippen LogP contribution >= 0.6 is 27.5 Å². The molecule has 1 aromatic heterocycles. The van der Waals surface area contributed by atoms with Gasteiger partial charge in [0.05, 0.1) is 15.6 Å². The minimum atomic E-state index is -0.385. The van der Waals surface area contributed by atoms with Crippen molar-refractivity contribution >= 4 is 33.3 Å². The number of pyridine rings is 1. The predicted molar refractivity (Wildman–Crippen MR) is 61.9 cm³/mol. The van der Waals surface area contributed by atoms with E-state index in [1.165, 1.54) is 0 Å². The summed E-state index contributed by atoms with van der Waals surface area (Å²) in [5, 5.41) is 9.81. The van der Waals surface area contributed by atoms with Gasteiger partial charge in [0.1, 0.15) is 5.82 Å². The number of aliphatic hydroxyl groups is 1. The second kappa shape index (κ2) is 4.96. The summed E-state index contributed by atoms with van der Waals surface area (Å²) in [7, 11) is 1.87. The lowest BCUT2D eigenvalue weighted by molar-refractivity contribution is 0.201. The molecular formula is C9H12BrClN2O. The van der Waals surface area contributed by atoms with Crippen LogP contribution in [0, 0.1) is 0 Å². The van der Waals surface area contributed by atoms with Gasteiger partial charge in [0.25, 0.3) is 0 Å². The topological polar surface area (TPSA) is 36.4 Å². The third-order valence-electron chi connectivity index (χ3n) is 1.69. The highest BCUT2D eigenvalue weighted by molar-refractivity contribution is 9.10. The van der Waals surface area contributed by atoms with Crippen LogP contribution in [-0.4, -0.2) is 29.8 Å². The van der Waals surface area contributed by atoms with Crippen molar-refractivity contribution in [1.82, 2.24) is 4.98 Å². The Bertz CT molecular complexity index is 320. The first-order valence-corrected chi connectivity index (χ1v) is 5.38. The average Bonchev–Trinajstić information content (AvgIpc) is 2.01. The molecule has 1 heterocycles. The van der Waals surface area contributed by atoms with E-state index in [1.54, 1.807) is 19.2 Å². The number of likely N-dealkylation sites (N-methyl/N-ethyl adjacent to an activating group) is 1. The highest BCUT2D eigenvalue weighted by Gasteiger charge is 2.09. The normalized spacial score (nSPS) is 12.6. The van der Waals surface area contributed by atoms with E-state index >= 15 is 0 Å². The first-order chi connectivity index (χ1) is 6.50. The fraction of sp³-hybridized carbons (Fsp3) is 0.444. The van der Waals surface area contributed by atoms with Gasteiger partial charge in [-0.25, -0.2) is 4.98 Å². The fourth-order valence-corrected chi connectivity index (χ4v) is 2.11.